The Kier molecular flexibility index (Phi) is 7.59. The maximum absolute atomic E-state index is 12.3. The Hall–Kier alpha value is -1.72. The number of benzene rings is 1. The number of carbonyl (C=O) groups is 1. The number of thiazole rings is 1. The molecule has 0 unspecified atom stereocenters. The molecule has 0 radical (unpaired) electrons. The summed E-state index contributed by atoms with van der Waals surface area (Å²) in [4.78, 5) is 21.3. The number of para-hydroxylation sites is 1. The van der Waals surface area contributed by atoms with Crippen molar-refractivity contribution in [3.8, 4) is 0 Å². The molecule has 25 heavy (non-hydrogen) atoms. The summed E-state index contributed by atoms with van der Waals surface area (Å²) in [6.07, 6.45) is 3.17. The summed E-state index contributed by atoms with van der Waals surface area (Å²) in [5.74, 6) is 0.000715. The Morgan fingerprint density at radius 1 is 1.12 bits per heavy atom. The van der Waals surface area contributed by atoms with E-state index >= 15 is 0 Å². The molecule has 5 heteroatoms. The van der Waals surface area contributed by atoms with E-state index in [9.17, 15) is 4.79 Å². The average molecular weight is 360 g/mol. The Bertz CT molecular complexity index is 677. The van der Waals surface area contributed by atoms with Crippen molar-refractivity contribution in [3.05, 3.63) is 40.9 Å². The SMILES string of the molecule is CCCN(CCC)Cc1csc(N(C(C)=O)c2ccccc2CC)n1. The zero-order chi connectivity index (χ0) is 18.2. The van der Waals surface area contributed by atoms with Crippen molar-refractivity contribution in [1.29, 1.82) is 0 Å². The van der Waals surface area contributed by atoms with E-state index in [0.717, 1.165) is 61.0 Å². The fourth-order valence-electron chi connectivity index (χ4n) is 3.04. The van der Waals surface area contributed by atoms with Gasteiger partial charge in [-0.3, -0.25) is 14.6 Å². The number of aromatic nitrogens is 1. The number of hydrogen-bond acceptors (Lipinski definition) is 4. The second-order valence-corrected chi connectivity index (χ2v) is 7.07. The lowest BCUT2D eigenvalue weighted by Crippen LogP contribution is -2.26. The maximum atomic E-state index is 12.3. The van der Waals surface area contributed by atoms with Crippen LogP contribution < -0.4 is 4.90 Å². The Morgan fingerprint density at radius 2 is 1.80 bits per heavy atom. The van der Waals surface area contributed by atoms with Gasteiger partial charge in [0.25, 0.3) is 0 Å². The Balaban J connectivity index is 2.26. The fourth-order valence-corrected chi connectivity index (χ4v) is 3.91. The monoisotopic (exact) mass is 359 g/mol. The summed E-state index contributed by atoms with van der Waals surface area (Å²) in [5.41, 5.74) is 3.15. The van der Waals surface area contributed by atoms with Crippen molar-refractivity contribution in [2.24, 2.45) is 0 Å². The van der Waals surface area contributed by atoms with Gasteiger partial charge in [-0.05, 0) is 44.0 Å². The van der Waals surface area contributed by atoms with E-state index in [-0.39, 0.29) is 5.91 Å². The Labute approximate surface area is 155 Å². The molecule has 1 heterocycles. The molecule has 0 spiro atoms. The molecule has 0 saturated heterocycles. The van der Waals surface area contributed by atoms with Crippen LogP contribution >= 0.6 is 11.3 Å². The average Bonchev–Trinajstić information content (AvgIpc) is 3.03. The molecule has 4 nitrogen and oxygen atoms in total. The highest BCUT2D eigenvalue weighted by Gasteiger charge is 2.20. The van der Waals surface area contributed by atoms with Crippen molar-refractivity contribution >= 4 is 28.1 Å². The van der Waals surface area contributed by atoms with Gasteiger partial charge in [0.05, 0.1) is 11.4 Å². The van der Waals surface area contributed by atoms with E-state index in [4.69, 9.17) is 4.98 Å². The van der Waals surface area contributed by atoms with Crippen molar-refractivity contribution < 1.29 is 4.79 Å². The molecule has 0 aliphatic heterocycles. The first-order valence-corrected chi connectivity index (χ1v) is 10.0. The van der Waals surface area contributed by atoms with Gasteiger partial charge in [0.2, 0.25) is 5.91 Å². The fraction of sp³-hybridized carbons (Fsp3) is 0.500. The van der Waals surface area contributed by atoms with Gasteiger partial charge in [0.1, 0.15) is 0 Å². The van der Waals surface area contributed by atoms with Gasteiger partial charge < -0.3 is 0 Å². The molecule has 136 valence electrons. The van der Waals surface area contributed by atoms with Crippen LogP contribution in [0.25, 0.3) is 0 Å². The molecular formula is C20H29N3OS. The molecule has 0 fully saturated rings. The zero-order valence-electron chi connectivity index (χ0n) is 15.8. The molecular weight excluding hydrogens is 330 g/mol. The number of carbonyl (C=O) groups excluding carboxylic acids is 1. The summed E-state index contributed by atoms with van der Waals surface area (Å²) in [6.45, 7) is 11.1. The first-order chi connectivity index (χ1) is 12.1. The lowest BCUT2D eigenvalue weighted by atomic mass is 10.1. The van der Waals surface area contributed by atoms with Gasteiger partial charge in [0.15, 0.2) is 5.13 Å². The van der Waals surface area contributed by atoms with Crippen LogP contribution in [0, 0.1) is 0 Å². The molecule has 0 bridgehead atoms. The van der Waals surface area contributed by atoms with Crippen molar-refractivity contribution in [2.45, 2.75) is 53.5 Å². The molecule has 1 amide bonds. The summed E-state index contributed by atoms with van der Waals surface area (Å²) < 4.78 is 0. The number of amides is 1. The minimum absolute atomic E-state index is 0.000715. The summed E-state index contributed by atoms with van der Waals surface area (Å²) in [7, 11) is 0. The smallest absolute Gasteiger partial charge is 0.230 e. The predicted molar refractivity (Wildman–Crippen MR) is 107 cm³/mol. The third-order valence-corrected chi connectivity index (χ3v) is 5.00. The van der Waals surface area contributed by atoms with Crippen LogP contribution in [-0.4, -0.2) is 28.9 Å². The van der Waals surface area contributed by atoms with Gasteiger partial charge in [-0.25, -0.2) is 4.98 Å². The lowest BCUT2D eigenvalue weighted by Gasteiger charge is -2.21. The van der Waals surface area contributed by atoms with Gasteiger partial charge in [-0.15, -0.1) is 11.3 Å². The number of anilines is 2. The second kappa shape index (κ2) is 9.68. The summed E-state index contributed by atoms with van der Waals surface area (Å²) in [5, 5.41) is 2.84. The number of hydrogen-bond donors (Lipinski definition) is 0. The first-order valence-electron chi connectivity index (χ1n) is 9.16. The molecule has 0 aliphatic rings. The van der Waals surface area contributed by atoms with Crippen molar-refractivity contribution in [1.82, 2.24) is 9.88 Å². The minimum Gasteiger partial charge on any atom is -0.298 e. The standard InChI is InChI=1S/C20H29N3OS/c1-5-12-22(13-6-2)14-18-15-25-20(21-18)23(16(4)24)19-11-9-8-10-17(19)7-3/h8-11,15H,5-7,12-14H2,1-4H3. The molecule has 0 atom stereocenters. The number of aryl methyl sites for hydroxylation is 1. The predicted octanol–water partition coefficient (Wildman–Crippen LogP) is 5.01. The van der Waals surface area contributed by atoms with E-state index in [1.807, 2.05) is 18.2 Å². The summed E-state index contributed by atoms with van der Waals surface area (Å²) >= 11 is 1.55. The van der Waals surface area contributed by atoms with Crippen LogP contribution in [0.5, 0.6) is 0 Å². The van der Waals surface area contributed by atoms with E-state index in [2.05, 4.69) is 37.1 Å². The van der Waals surface area contributed by atoms with Crippen molar-refractivity contribution in [2.75, 3.05) is 18.0 Å². The molecule has 0 saturated carbocycles. The first kappa shape index (κ1) is 19.6. The topological polar surface area (TPSA) is 36.4 Å². The summed E-state index contributed by atoms with van der Waals surface area (Å²) in [6, 6.07) is 8.07. The van der Waals surface area contributed by atoms with E-state index in [0.29, 0.717) is 0 Å². The number of rotatable bonds is 9. The lowest BCUT2D eigenvalue weighted by molar-refractivity contribution is -0.115. The molecule has 1 aromatic carbocycles. The minimum atomic E-state index is 0.000715. The van der Waals surface area contributed by atoms with Gasteiger partial charge in [-0.2, -0.15) is 0 Å². The third-order valence-electron chi connectivity index (χ3n) is 4.12. The van der Waals surface area contributed by atoms with Crippen LogP contribution in [0.1, 0.15) is 51.8 Å². The normalized spacial score (nSPS) is 11.1. The van der Waals surface area contributed by atoms with Gasteiger partial charge in [0, 0.05) is 18.8 Å². The Morgan fingerprint density at radius 3 is 2.40 bits per heavy atom. The largest absolute Gasteiger partial charge is 0.298 e. The van der Waals surface area contributed by atoms with Crippen LogP contribution in [0.2, 0.25) is 0 Å². The zero-order valence-corrected chi connectivity index (χ0v) is 16.6. The quantitative estimate of drug-likeness (QED) is 0.631. The van der Waals surface area contributed by atoms with E-state index < -0.39 is 0 Å². The highest BCUT2D eigenvalue weighted by Crippen LogP contribution is 2.32. The van der Waals surface area contributed by atoms with Crippen LogP contribution in [-0.2, 0) is 17.8 Å². The van der Waals surface area contributed by atoms with Crippen molar-refractivity contribution in [3.63, 3.8) is 0 Å². The third kappa shape index (κ3) is 5.13. The van der Waals surface area contributed by atoms with Gasteiger partial charge in [-0.1, -0.05) is 39.0 Å². The van der Waals surface area contributed by atoms with Crippen LogP contribution in [0.4, 0.5) is 10.8 Å². The molecule has 1 aromatic heterocycles. The molecule has 0 N–H and O–H groups in total. The molecule has 0 aliphatic carbocycles. The highest BCUT2D eigenvalue weighted by molar-refractivity contribution is 7.14. The highest BCUT2D eigenvalue weighted by atomic mass is 32.1. The van der Waals surface area contributed by atoms with Gasteiger partial charge >= 0.3 is 0 Å². The maximum Gasteiger partial charge on any atom is 0.230 e. The molecule has 2 aromatic rings. The van der Waals surface area contributed by atoms with Crippen LogP contribution in [0.15, 0.2) is 29.6 Å². The van der Waals surface area contributed by atoms with E-state index in [1.54, 1.807) is 23.2 Å². The molecule has 2 rings (SSSR count). The second-order valence-electron chi connectivity index (χ2n) is 6.23. The van der Waals surface area contributed by atoms with E-state index in [1.165, 1.54) is 0 Å². The van der Waals surface area contributed by atoms with Crippen LogP contribution in [0.3, 0.4) is 0 Å². The number of nitrogens with zero attached hydrogens (tertiary/aromatic N) is 3.